The van der Waals surface area contributed by atoms with Crippen LogP contribution in [0.2, 0.25) is 0 Å². The molecule has 1 N–H and O–H groups in total. The highest BCUT2D eigenvalue weighted by molar-refractivity contribution is 5.51. The second-order valence-corrected chi connectivity index (χ2v) is 5.78. The molecule has 7 heteroatoms. The minimum atomic E-state index is -0.569. The fourth-order valence-electron chi connectivity index (χ4n) is 3.40. The molecule has 0 saturated carbocycles. The molecule has 0 aliphatic carbocycles. The monoisotopic (exact) mass is 287 g/mol. The van der Waals surface area contributed by atoms with Crippen LogP contribution in [-0.2, 0) is 0 Å². The van der Waals surface area contributed by atoms with Gasteiger partial charge in [-0.05, 0) is 31.7 Å². The zero-order valence-corrected chi connectivity index (χ0v) is 11.8. The number of nitrogens with zero attached hydrogens (tertiary/aromatic N) is 4. The first-order valence-corrected chi connectivity index (χ1v) is 7.13. The van der Waals surface area contributed by atoms with Crippen LogP contribution in [0.3, 0.4) is 0 Å². The van der Waals surface area contributed by atoms with Crippen molar-refractivity contribution >= 4 is 11.5 Å². The zero-order chi connectivity index (χ0) is 15.0. The van der Waals surface area contributed by atoms with Crippen LogP contribution in [-0.4, -0.2) is 35.1 Å². The number of hydrogen-bond donors (Lipinski definition) is 1. The lowest BCUT2D eigenvalue weighted by molar-refractivity contribution is -0.385. The summed E-state index contributed by atoms with van der Waals surface area (Å²) in [6.07, 6.45) is 4.53. The standard InChI is InChI=1S/C14H17N5O2/c1-18(11-6-9-2-3-10(7-11)16-9)14-5-4-13(19(20)21)12(8-15)17-14/h4-5,9-11,16H,2-3,6-7H2,1H3. The Bertz CT molecular complexity index is 600. The van der Waals surface area contributed by atoms with Gasteiger partial charge in [0.25, 0.3) is 0 Å². The number of hydrogen-bond acceptors (Lipinski definition) is 6. The van der Waals surface area contributed by atoms with Gasteiger partial charge in [-0.1, -0.05) is 0 Å². The fourth-order valence-corrected chi connectivity index (χ4v) is 3.40. The van der Waals surface area contributed by atoms with Crippen molar-refractivity contribution in [3.05, 3.63) is 27.9 Å². The molecule has 0 radical (unpaired) electrons. The van der Waals surface area contributed by atoms with Crippen molar-refractivity contribution in [1.29, 1.82) is 5.26 Å². The van der Waals surface area contributed by atoms with Crippen molar-refractivity contribution in [1.82, 2.24) is 10.3 Å². The Balaban J connectivity index is 1.83. The van der Waals surface area contributed by atoms with E-state index in [2.05, 4.69) is 15.2 Å². The molecule has 0 aromatic carbocycles. The third-order valence-corrected chi connectivity index (χ3v) is 4.52. The molecule has 3 rings (SSSR count). The van der Waals surface area contributed by atoms with Crippen molar-refractivity contribution in [3.63, 3.8) is 0 Å². The van der Waals surface area contributed by atoms with Crippen LogP contribution in [0, 0.1) is 21.4 Å². The van der Waals surface area contributed by atoms with E-state index in [-0.39, 0.29) is 11.4 Å². The van der Waals surface area contributed by atoms with E-state index in [4.69, 9.17) is 5.26 Å². The molecule has 2 atom stereocenters. The largest absolute Gasteiger partial charge is 0.357 e. The van der Waals surface area contributed by atoms with Gasteiger partial charge < -0.3 is 10.2 Å². The molecule has 7 nitrogen and oxygen atoms in total. The normalized spacial score (nSPS) is 27.1. The lowest BCUT2D eigenvalue weighted by Crippen LogP contribution is -2.47. The summed E-state index contributed by atoms with van der Waals surface area (Å²) in [7, 11) is 1.95. The minimum Gasteiger partial charge on any atom is -0.357 e. The van der Waals surface area contributed by atoms with Crippen LogP contribution < -0.4 is 10.2 Å². The van der Waals surface area contributed by atoms with Gasteiger partial charge in [0.15, 0.2) is 0 Å². The van der Waals surface area contributed by atoms with Crippen molar-refractivity contribution < 1.29 is 4.92 Å². The van der Waals surface area contributed by atoms with E-state index in [1.807, 2.05) is 13.1 Å². The quantitative estimate of drug-likeness (QED) is 0.670. The number of fused-ring (bicyclic) bond motifs is 2. The van der Waals surface area contributed by atoms with Crippen molar-refractivity contribution in [2.45, 2.75) is 43.8 Å². The maximum absolute atomic E-state index is 10.9. The topological polar surface area (TPSA) is 95.1 Å². The summed E-state index contributed by atoms with van der Waals surface area (Å²) >= 11 is 0. The van der Waals surface area contributed by atoms with Crippen molar-refractivity contribution in [3.8, 4) is 6.07 Å². The molecule has 2 bridgehead atoms. The molecule has 2 unspecified atom stereocenters. The first kappa shape index (κ1) is 13.8. The number of pyridine rings is 1. The molecule has 1 aromatic heterocycles. The molecule has 2 saturated heterocycles. The Hall–Kier alpha value is -2.20. The Kier molecular flexibility index (Phi) is 3.47. The molecular formula is C14H17N5O2. The summed E-state index contributed by atoms with van der Waals surface area (Å²) in [6, 6.07) is 6.29. The van der Waals surface area contributed by atoms with Crippen molar-refractivity contribution in [2.24, 2.45) is 0 Å². The number of anilines is 1. The summed E-state index contributed by atoms with van der Waals surface area (Å²) in [6.45, 7) is 0. The average molecular weight is 287 g/mol. The number of piperidine rings is 1. The Labute approximate surface area is 122 Å². The van der Waals surface area contributed by atoms with Gasteiger partial charge in [0.2, 0.25) is 5.69 Å². The summed E-state index contributed by atoms with van der Waals surface area (Å²) in [4.78, 5) is 16.5. The Morgan fingerprint density at radius 1 is 1.43 bits per heavy atom. The van der Waals surface area contributed by atoms with Crippen LogP contribution >= 0.6 is 0 Å². The maximum Gasteiger partial charge on any atom is 0.305 e. The minimum absolute atomic E-state index is 0.124. The van der Waals surface area contributed by atoms with Gasteiger partial charge in [-0.2, -0.15) is 5.26 Å². The Morgan fingerprint density at radius 3 is 2.67 bits per heavy atom. The van der Waals surface area contributed by atoms with E-state index in [0.29, 0.717) is 23.9 Å². The van der Waals surface area contributed by atoms with Crippen LogP contribution in [0.25, 0.3) is 0 Å². The van der Waals surface area contributed by atoms with Crippen LogP contribution in [0.15, 0.2) is 12.1 Å². The summed E-state index contributed by atoms with van der Waals surface area (Å²) in [5.41, 5.74) is -0.360. The highest BCUT2D eigenvalue weighted by atomic mass is 16.6. The SMILES string of the molecule is CN(c1ccc([N+](=O)[O-])c(C#N)n1)C1CC2CCC(C1)N2. The lowest BCUT2D eigenvalue weighted by atomic mass is 9.98. The molecule has 21 heavy (non-hydrogen) atoms. The van der Waals surface area contributed by atoms with Crippen LogP contribution in [0.4, 0.5) is 11.5 Å². The molecule has 3 heterocycles. The van der Waals surface area contributed by atoms with E-state index in [0.717, 1.165) is 12.8 Å². The van der Waals surface area contributed by atoms with E-state index in [1.165, 1.54) is 18.9 Å². The predicted molar refractivity (Wildman–Crippen MR) is 77.0 cm³/mol. The van der Waals surface area contributed by atoms with Gasteiger partial charge in [0, 0.05) is 31.2 Å². The average Bonchev–Trinajstić information content (AvgIpc) is 2.84. The van der Waals surface area contributed by atoms with Gasteiger partial charge in [0.05, 0.1) is 4.92 Å². The predicted octanol–water partition coefficient (Wildman–Crippen LogP) is 1.58. The third kappa shape index (κ3) is 2.54. The molecule has 2 aliphatic heterocycles. The number of nitrogens with one attached hydrogen (secondary N) is 1. The fraction of sp³-hybridized carbons (Fsp3) is 0.571. The second-order valence-electron chi connectivity index (χ2n) is 5.78. The third-order valence-electron chi connectivity index (χ3n) is 4.52. The molecule has 110 valence electrons. The van der Waals surface area contributed by atoms with Crippen LogP contribution in [0.5, 0.6) is 0 Å². The molecule has 0 spiro atoms. The summed E-state index contributed by atoms with van der Waals surface area (Å²) in [5, 5.41) is 23.5. The molecule has 2 aliphatic rings. The first-order chi connectivity index (χ1) is 10.1. The molecule has 1 aromatic rings. The molecule has 0 amide bonds. The van der Waals surface area contributed by atoms with Gasteiger partial charge in [-0.3, -0.25) is 10.1 Å². The first-order valence-electron chi connectivity index (χ1n) is 7.13. The summed E-state index contributed by atoms with van der Waals surface area (Å²) < 4.78 is 0. The number of nitriles is 1. The second kappa shape index (κ2) is 5.30. The van der Waals surface area contributed by atoms with E-state index in [9.17, 15) is 10.1 Å². The van der Waals surface area contributed by atoms with E-state index >= 15 is 0 Å². The maximum atomic E-state index is 10.9. The van der Waals surface area contributed by atoms with E-state index in [1.54, 1.807) is 6.07 Å². The lowest BCUT2D eigenvalue weighted by Gasteiger charge is -2.36. The highest BCUT2D eigenvalue weighted by Gasteiger charge is 2.35. The molecular weight excluding hydrogens is 270 g/mol. The van der Waals surface area contributed by atoms with Gasteiger partial charge in [0.1, 0.15) is 11.9 Å². The van der Waals surface area contributed by atoms with Gasteiger partial charge in [-0.15, -0.1) is 0 Å². The Morgan fingerprint density at radius 2 is 2.10 bits per heavy atom. The summed E-state index contributed by atoms with van der Waals surface area (Å²) in [5.74, 6) is 0.628. The highest BCUT2D eigenvalue weighted by Crippen LogP contribution is 2.31. The zero-order valence-electron chi connectivity index (χ0n) is 11.8. The van der Waals surface area contributed by atoms with Crippen molar-refractivity contribution in [2.75, 3.05) is 11.9 Å². The molecule has 2 fully saturated rings. The van der Waals surface area contributed by atoms with Crippen LogP contribution in [0.1, 0.15) is 31.4 Å². The van der Waals surface area contributed by atoms with Gasteiger partial charge >= 0.3 is 5.69 Å². The van der Waals surface area contributed by atoms with E-state index < -0.39 is 4.92 Å². The number of rotatable bonds is 3. The van der Waals surface area contributed by atoms with Gasteiger partial charge in [-0.25, -0.2) is 4.98 Å². The smallest absolute Gasteiger partial charge is 0.305 e. The number of aromatic nitrogens is 1. The number of nitro groups is 1.